The Morgan fingerprint density at radius 3 is 2.79 bits per heavy atom. The van der Waals surface area contributed by atoms with Crippen LogP contribution < -0.4 is 10.1 Å². The molecule has 0 radical (unpaired) electrons. The van der Waals surface area contributed by atoms with Gasteiger partial charge in [-0.1, -0.05) is 12.1 Å². The number of aromatic nitrogens is 3. The summed E-state index contributed by atoms with van der Waals surface area (Å²) in [4.78, 5) is 34.2. The number of rotatable bonds is 8. The van der Waals surface area contributed by atoms with Gasteiger partial charge in [0.25, 0.3) is 0 Å². The molecule has 34 heavy (non-hydrogen) atoms. The number of carbonyl (C=O) groups is 2. The Bertz CT molecular complexity index is 1220. The molecule has 0 spiro atoms. The van der Waals surface area contributed by atoms with Crippen LogP contribution in [0.5, 0.6) is 5.75 Å². The van der Waals surface area contributed by atoms with Crippen molar-refractivity contribution in [3.63, 3.8) is 0 Å². The fraction of sp³-hybridized carbons (Fsp3) is 0.440. The van der Waals surface area contributed by atoms with Crippen LogP contribution in [0.1, 0.15) is 24.1 Å². The maximum Gasteiger partial charge on any atom is 0.230 e. The topological polar surface area (TPSA) is 92.6 Å². The highest BCUT2D eigenvalue weighted by Gasteiger charge is 2.34. The highest BCUT2D eigenvalue weighted by atomic mass is 16.5. The maximum absolute atomic E-state index is 13.1. The zero-order chi connectivity index (χ0) is 24.4. The van der Waals surface area contributed by atoms with Gasteiger partial charge in [0.1, 0.15) is 17.1 Å². The molecule has 3 heterocycles. The molecule has 0 saturated carbocycles. The largest absolute Gasteiger partial charge is 0.494 e. The fourth-order valence-electron chi connectivity index (χ4n) is 4.38. The van der Waals surface area contributed by atoms with E-state index in [1.165, 1.54) is 0 Å². The molecular formula is C25H32N6O3. The first-order chi connectivity index (χ1) is 16.3. The number of anilines is 1. The van der Waals surface area contributed by atoms with Gasteiger partial charge in [0.2, 0.25) is 11.8 Å². The second-order valence-corrected chi connectivity index (χ2v) is 9.12. The second-order valence-electron chi connectivity index (χ2n) is 9.12. The van der Waals surface area contributed by atoms with Crippen molar-refractivity contribution in [3.8, 4) is 11.6 Å². The van der Waals surface area contributed by atoms with Gasteiger partial charge in [0.05, 0.1) is 18.7 Å². The van der Waals surface area contributed by atoms with E-state index in [4.69, 9.17) is 9.72 Å². The van der Waals surface area contributed by atoms with E-state index in [0.29, 0.717) is 30.5 Å². The predicted octanol–water partition coefficient (Wildman–Crippen LogP) is 2.78. The Kier molecular flexibility index (Phi) is 6.83. The minimum absolute atomic E-state index is 0.0301. The van der Waals surface area contributed by atoms with Crippen LogP contribution in [-0.4, -0.2) is 77.2 Å². The number of aryl methyl sites for hydroxylation is 2. The molecule has 9 nitrogen and oxygen atoms in total. The number of likely N-dealkylation sites (tertiary alicyclic amines) is 1. The molecule has 1 unspecified atom stereocenters. The predicted molar refractivity (Wildman–Crippen MR) is 131 cm³/mol. The maximum atomic E-state index is 13.1. The summed E-state index contributed by atoms with van der Waals surface area (Å²) in [5.74, 6) is 1.26. The van der Waals surface area contributed by atoms with Crippen molar-refractivity contribution >= 4 is 28.5 Å². The number of pyridine rings is 1. The molecule has 1 N–H and O–H groups in total. The zero-order valence-corrected chi connectivity index (χ0v) is 20.5. The number of amides is 2. The first-order valence-corrected chi connectivity index (χ1v) is 11.5. The van der Waals surface area contributed by atoms with E-state index in [1.54, 1.807) is 16.7 Å². The lowest BCUT2D eigenvalue weighted by Crippen LogP contribution is -2.30. The number of hydrogen-bond acceptors (Lipinski definition) is 6. The van der Waals surface area contributed by atoms with E-state index < -0.39 is 0 Å². The van der Waals surface area contributed by atoms with E-state index in [0.717, 1.165) is 35.1 Å². The van der Waals surface area contributed by atoms with E-state index >= 15 is 0 Å². The Morgan fingerprint density at radius 1 is 1.26 bits per heavy atom. The molecule has 1 aliphatic heterocycles. The van der Waals surface area contributed by atoms with Crippen LogP contribution >= 0.6 is 0 Å². The van der Waals surface area contributed by atoms with Crippen LogP contribution in [-0.2, 0) is 9.59 Å². The highest BCUT2D eigenvalue weighted by molar-refractivity contribution is 5.97. The number of nitrogens with one attached hydrogen (secondary N) is 1. The van der Waals surface area contributed by atoms with Gasteiger partial charge in [0.15, 0.2) is 5.82 Å². The molecule has 180 valence electrons. The smallest absolute Gasteiger partial charge is 0.230 e. The van der Waals surface area contributed by atoms with Crippen molar-refractivity contribution in [2.24, 2.45) is 5.92 Å². The van der Waals surface area contributed by atoms with Crippen molar-refractivity contribution < 1.29 is 14.3 Å². The van der Waals surface area contributed by atoms with Crippen molar-refractivity contribution in [2.45, 2.75) is 26.7 Å². The molecule has 1 fully saturated rings. The monoisotopic (exact) mass is 464 g/mol. The normalized spacial score (nSPS) is 16.0. The van der Waals surface area contributed by atoms with Gasteiger partial charge in [0, 0.05) is 31.0 Å². The summed E-state index contributed by atoms with van der Waals surface area (Å²) in [5.41, 5.74) is 2.52. The number of nitrogens with zero attached hydrogens (tertiary/aromatic N) is 5. The third-order valence-corrected chi connectivity index (χ3v) is 6.13. The third-order valence-electron chi connectivity index (χ3n) is 6.13. The number of methoxy groups -OCH3 is 1. The first-order valence-electron chi connectivity index (χ1n) is 11.5. The minimum atomic E-state index is -0.387. The number of hydrogen-bond donors (Lipinski definition) is 1. The number of ether oxygens (including phenoxy) is 1. The number of para-hydroxylation sites is 1. The number of carbonyl (C=O) groups excluding carboxylic acids is 2. The molecule has 4 rings (SSSR count). The van der Waals surface area contributed by atoms with Crippen LogP contribution in [0.15, 0.2) is 30.3 Å². The van der Waals surface area contributed by atoms with E-state index in [9.17, 15) is 9.59 Å². The summed E-state index contributed by atoms with van der Waals surface area (Å²) in [7, 11) is 5.64. The molecule has 3 aromatic rings. The standard InChI is InChI=1S/C25H32N6O3/c1-16-12-21(26-24-19(16)8-6-9-20(24)34-5)31-22(13-17(2)28-31)27-25(33)18-14-23(32)30(15-18)11-7-10-29(3)4/h6,8-9,12-13,18H,7,10-11,14-15H2,1-5H3,(H,27,33). The minimum Gasteiger partial charge on any atom is -0.494 e. The van der Waals surface area contributed by atoms with Crippen LogP contribution in [0, 0.1) is 19.8 Å². The van der Waals surface area contributed by atoms with Crippen LogP contribution in [0.4, 0.5) is 5.82 Å². The highest BCUT2D eigenvalue weighted by Crippen LogP contribution is 2.29. The molecular weight excluding hydrogens is 432 g/mol. The van der Waals surface area contributed by atoms with Crippen LogP contribution in [0.3, 0.4) is 0 Å². The lowest BCUT2D eigenvalue weighted by atomic mass is 10.1. The summed E-state index contributed by atoms with van der Waals surface area (Å²) in [6.45, 7) is 5.89. The second kappa shape index (κ2) is 9.80. The molecule has 1 atom stereocenters. The van der Waals surface area contributed by atoms with Gasteiger partial charge in [-0.15, -0.1) is 0 Å². The summed E-state index contributed by atoms with van der Waals surface area (Å²) in [6, 6.07) is 9.56. The Hall–Kier alpha value is -3.46. The number of fused-ring (bicyclic) bond motifs is 1. The van der Waals surface area contributed by atoms with Gasteiger partial charge in [-0.25, -0.2) is 4.98 Å². The first kappa shape index (κ1) is 23.7. The van der Waals surface area contributed by atoms with E-state index in [1.807, 2.05) is 58.3 Å². The molecule has 2 aromatic heterocycles. The van der Waals surface area contributed by atoms with Gasteiger partial charge in [-0.3, -0.25) is 9.59 Å². The summed E-state index contributed by atoms with van der Waals surface area (Å²) >= 11 is 0. The van der Waals surface area contributed by atoms with Crippen molar-refractivity contribution in [1.82, 2.24) is 24.6 Å². The fourth-order valence-corrected chi connectivity index (χ4v) is 4.38. The van der Waals surface area contributed by atoms with Gasteiger partial charge < -0.3 is 19.9 Å². The van der Waals surface area contributed by atoms with Crippen molar-refractivity contribution in [1.29, 1.82) is 0 Å². The number of benzene rings is 1. The van der Waals surface area contributed by atoms with Crippen LogP contribution in [0.2, 0.25) is 0 Å². The van der Waals surface area contributed by atoms with Gasteiger partial charge >= 0.3 is 0 Å². The molecule has 1 aromatic carbocycles. The molecule has 1 saturated heterocycles. The molecule has 0 bridgehead atoms. The lowest BCUT2D eigenvalue weighted by Gasteiger charge is -2.18. The Morgan fingerprint density at radius 2 is 2.06 bits per heavy atom. The van der Waals surface area contributed by atoms with Gasteiger partial charge in [-0.05, 0) is 58.6 Å². The van der Waals surface area contributed by atoms with Crippen molar-refractivity contribution in [3.05, 3.63) is 41.6 Å². The van der Waals surface area contributed by atoms with Crippen LogP contribution in [0.25, 0.3) is 16.7 Å². The third kappa shape index (κ3) is 4.89. The average molecular weight is 465 g/mol. The lowest BCUT2D eigenvalue weighted by molar-refractivity contribution is -0.128. The Labute approximate surface area is 199 Å². The molecule has 0 aliphatic carbocycles. The summed E-state index contributed by atoms with van der Waals surface area (Å²) in [6.07, 6.45) is 1.11. The molecule has 2 amide bonds. The Balaban J connectivity index is 1.55. The SMILES string of the molecule is COc1cccc2c(C)cc(-n3nc(C)cc3NC(=O)C3CC(=O)N(CCCN(C)C)C3)nc12. The summed E-state index contributed by atoms with van der Waals surface area (Å²) < 4.78 is 7.14. The summed E-state index contributed by atoms with van der Waals surface area (Å²) in [5, 5.41) is 8.55. The molecule has 9 heteroatoms. The van der Waals surface area contributed by atoms with Crippen molar-refractivity contribution in [2.75, 3.05) is 46.2 Å². The molecule has 1 aliphatic rings. The van der Waals surface area contributed by atoms with E-state index in [2.05, 4.69) is 15.3 Å². The quantitative estimate of drug-likeness (QED) is 0.551. The zero-order valence-electron chi connectivity index (χ0n) is 20.5. The van der Waals surface area contributed by atoms with Gasteiger partial charge in [-0.2, -0.15) is 9.78 Å². The van der Waals surface area contributed by atoms with E-state index in [-0.39, 0.29) is 24.2 Å². The average Bonchev–Trinajstić information content (AvgIpc) is 3.35.